The standard InChI is InChI=1S/C14H24N4O/c1-3-9-19-14-11(15)13(16-2)17-12(18-14)10-7-5-4-6-8-10/h10H,3-9,15H2,1-2H3,(H,16,17,18). The monoisotopic (exact) mass is 264 g/mol. The highest BCUT2D eigenvalue weighted by atomic mass is 16.5. The summed E-state index contributed by atoms with van der Waals surface area (Å²) in [4.78, 5) is 9.10. The molecule has 1 heterocycles. The molecular formula is C14H24N4O. The Balaban J connectivity index is 2.26. The Hall–Kier alpha value is -1.52. The number of anilines is 2. The Morgan fingerprint density at radius 2 is 2.00 bits per heavy atom. The third kappa shape index (κ3) is 3.28. The van der Waals surface area contributed by atoms with Crippen molar-refractivity contribution in [3.8, 4) is 5.88 Å². The zero-order chi connectivity index (χ0) is 13.7. The lowest BCUT2D eigenvalue weighted by molar-refractivity contribution is 0.303. The van der Waals surface area contributed by atoms with Gasteiger partial charge in [0, 0.05) is 13.0 Å². The van der Waals surface area contributed by atoms with Crippen LogP contribution in [0.3, 0.4) is 0 Å². The van der Waals surface area contributed by atoms with Crippen molar-refractivity contribution < 1.29 is 4.74 Å². The average molecular weight is 264 g/mol. The van der Waals surface area contributed by atoms with Gasteiger partial charge in [-0.3, -0.25) is 0 Å². The highest BCUT2D eigenvalue weighted by Crippen LogP contribution is 2.34. The molecule has 1 aromatic rings. The van der Waals surface area contributed by atoms with Crippen LogP contribution < -0.4 is 15.8 Å². The van der Waals surface area contributed by atoms with Crippen molar-refractivity contribution in [3.63, 3.8) is 0 Å². The number of nitrogens with one attached hydrogen (secondary N) is 1. The third-order valence-electron chi connectivity index (χ3n) is 3.58. The van der Waals surface area contributed by atoms with Crippen LogP contribution in [0.1, 0.15) is 57.2 Å². The van der Waals surface area contributed by atoms with Crippen molar-refractivity contribution in [2.75, 3.05) is 24.7 Å². The number of ether oxygens (including phenoxy) is 1. The molecule has 0 amide bonds. The van der Waals surface area contributed by atoms with Crippen LogP contribution in [0.15, 0.2) is 0 Å². The summed E-state index contributed by atoms with van der Waals surface area (Å²) in [7, 11) is 1.83. The van der Waals surface area contributed by atoms with E-state index in [9.17, 15) is 0 Å². The van der Waals surface area contributed by atoms with E-state index < -0.39 is 0 Å². The fourth-order valence-electron chi connectivity index (χ4n) is 2.51. The SMILES string of the molecule is CCCOc1nc(C2CCCCC2)nc(NC)c1N. The van der Waals surface area contributed by atoms with Crippen molar-refractivity contribution in [3.05, 3.63) is 5.82 Å². The number of hydrogen-bond acceptors (Lipinski definition) is 5. The number of hydrogen-bond donors (Lipinski definition) is 2. The number of nitrogens with two attached hydrogens (primary N) is 1. The summed E-state index contributed by atoms with van der Waals surface area (Å²) < 4.78 is 5.64. The molecule has 5 nitrogen and oxygen atoms in total. The molecule has 5 heteroatoms. The van der Waals surface area contributed by atoms with Gasteiger partial charge >= 0.3 is 0 Å². The highest BCUT2D eigenvalue weighted by Gasteiger charge is 2.21. The molecule has 1 fully saturated rings. The summed E-state index contributed by atoms with van der Waals surface area (Å²) in [6.07, 6.45) is 7.12. The Bertz CT molecular complexity index is 416. The summed E-state index contributed by atoms with van der Waals surface area (Å²) in [6.45, 7) is 2.70. The molecule has 0 aromatic carbocycles. The lowest BCUT2D eigenvalue weighted by atomic mass is 9.88. The number of nitrogens with zero attached hydrogens (tertiary/aromatic N) is 2. The smallest absolute Gasteiger partial charge is 0.242 e. The summed E-state index contributed by atoms with van der Waals surface area (Å²) in [5.74, 6) is 2.54. The van der Waals surface area contributed by atoms with Gasteiger partial charge in [-0.2, -0.15) is 4.98 Å². The summed E-state index contributed by atoms with van der Waals surface area (Å²) in [5, 5.41) is 3.04. The maximum Gasteiger partial charge on any atom is 0.242 e. The number of nitrogen functional groups attached to an aromatic ring is 1. The Labute approximate surface area is 115 Å². The van der Waals surface area contributed by atoms with Crippen molar-refractivity contribution in [1.82, 2.24) is 9.97 Å². The van der Waals surface area contributed by atoms with Crippen LogP contribution >= 0.6 is 0 Å². The van der Waals surface area contributed by atoms with Gasteiger partial charge in [0.1, 0.15) is 11.5 Å². The van der Waals surface area contributed by atoms with Gasteiger partial charge in [0.05, 0.1) is 6.61 Å². The lowest BCUT2D eigenvalue weighted by Crippen LogP contribution is -2.13. The summed E-state index contributed by atoms with van der Waals surface area (Å²) in [5.41, 5.74) is 6.53. The number of aromatic nitrogens is 2. The van der Waals surface area contributed by atoms with Crippen molar-refractivity contribution >= 4 is 11.5 Å². The Kier molecular flexibility index (Phi) is 4.82. The van der Waals surface area contributed by atoms with Gasteiger partial charge in [-0.1, -0.05) is 26.2 Å². The van der Waals surface area contributed by atoms with Gasteiger partial charge in [0.15, 0.2) is 5.82 Å². The third-order valence-corrected chi connectivity index (χ3v) is 3.58. The average Bonchev–Trinajstić information content (AvgIpc) is 2.47. The van der Waals surface area contributed by atoms with E-state index in [1.54, 1.807) is 0 Å². The Morgan fingerprint density at radius 1 is 1.26 bits per heavy atom. The zero-order valence-corrected chi connectivity index (χ0v) is 11.9. The van der Waals surface area contributed by atoms with Crippen LogP contribution in [0.4, 0.5) is 11.5 Å². The largest absolute Gasteiger partial charge is 0.476 e. The molecule has 2 rings (SSSR count). The molecule has 0 aliphatic heterocycles. The van der Waals surface area contributed by atoms with Crippen LogP contribution in [0.2, 0.25) is 0 Å². The second-order valence-electron chi connectivity index (χ2n) is 5.08. The zero-order valence-electron chi connectivity index (χ0n) is 11.9. The van der Waals surface area contributed by atoms with E-state index >= 15 is 0 Å². The van der Waals surface area contributed by atoms with E-state index in [1.807, 2.05) is 7.05 Å². The predicted molar refractivity (Wildman–Crippen MR) is 77.6 cm³/mol. The van der Waals surface area contributed by atoms with E-state index in [4.69, 9.17) is 10.5 Å². The summed E-state index contributed by atoms with van der Waals surface area (Å²) >= 11 is 0. The topological polar surface area (TPSA) is 73.1 Å². The van der Waals surface area contributed by atoms with Gasteiger partial charge in [-0.25, -0.2) is 4.98 Å². The number of rotatable bonds is 5. The van der Waals surface area contributed by atoms with Crippen molar-refractivity contribution in [2.24, 2.45) is 0 Å². The maximum atomic E-state index is 6.02. The molecule has 3 N–H and O–H groups in total. The van der Waals surface area contributed by atoms with E-state index in [-0.39, 0.29) is 0 Å². The van der Waals surface area contributed by atoms with Gasteiger partial charge in [-0.05, 0) is 19.3 Å². The van der Waals surface area contributed by atoms with Crippen molar-refractivity contribution in [1.29, 1.82) is 0 Å². The van der Waals surface area contributed by atoms with Crippen LogP contribution in [0, 0.1) is 0 Å². The van der Waals surface area contributed by atoms with E-state index in [1.165, 1.54) is 32.1 Å². The molecule has 1 aliphatic carbocycles. The first-order valence-electron chi connectivity index (χ1n) is 7.24. The first-order chi connectivity index (χ1) is 9.26. The summed E-state index contributed by atoms with van der Waals surface area (Å²) in [6, 6.07) is 0. The quantitative estimate of drug-likeness (QED) is 0.855. The molecule has 0 atom stereocenters. The van der Waals surface area contributed by atoms with E-state index in [0.717, 1.165) is 12.2 Å². The molecule has 1 aliphatic rings. The Morgan fingerprint density at radius 3 is 2.63 bits per heavy atom. The molecule has 0 saturated heterocycles. The first-order valence-corrected chi connectivity index (χ1v) is 7.24. The molecule has 0 unspecified atom stereocenters. The minimum atomic E-state index is 0.449. The molecule has 106 valence electrons. The van der Waals surface area contributed by atoms with E-state index in [0.29, 0.717) is 29.9 Å². The fraction of sp³-hybridized carbons (Fsp3) is 0.714. The fourth-order valence-corrected chi connectivity index (χ4v) is 2.51. The van der Waals surface area contributed by atoms with Crippen LogP contribution in [-0.2, 0) is 0 Å². The highest BCUT2D eigenvalue weighted by molar-refractivity contribution is 5.66. The molecule has 0 radical (unpaired) electrons. The predicted octanol–water partition coefficient (Wildman–Crippen LogP) is 2.94. The first kappa shape index (κ1) is 13.9. The second-order valence-corrected chi connectivity index (χ2v) is 5.08. The van der Waals surface area contributed by atoms with Gasteiger partial charge in [-0.15, -0.1) is 0 Å². The molecule has 0 bridgehead atoms. The minimum absolute atomic E-state index is 0.449. The van der Waals surface area contributed by atoms with Crippen LogP contribution in [-0.4, -0.2) is 23.6 Å². The van der Waals surface area contributed by atoms with Gasteiger partial charge < -0.3 is 15.8 Å². The van der Waals surface area contributed by atoms with Crippen LogP contribution in [0.5, 0.6) is 5.88 Å². The van der Waals surface area contributed by atoms with Crippen LogP contribution in [0.25, 0.3) is 0 Å². The second kappa shape index (κ2) is 6.59. The maximum absolute atomic E-state index is 6.02. The normalized spacial score (nSPS) is 16.3. The molecule has 1 saturated carbocycles. The lowest BCUT2D eigenvalue weighted by Gasteiger charge is -2.22. The van der Waals surface area contributed by atoms with Crippen molar-refractivity contribution in [2.45, 2.75) is 51.4 Å². The molecule has 0 spiro atoms. The van der Waals surface area contributed by atoms with E-state index in [2.05, 4.69) is 22.2 Å². The van der Waals surface area contributed by atoms with Gasteiger partial charge in [0.2, 0.25) is 5.88 Å². The molecule has 19 heavy (non-hydrogen) atoms. The minimum Gasteiger partial charge on any atom is -0.476 e. The van der Waals surface area contributed by atoms with Gasteiger partial charge in [0.25, 0.3) is 0 Å². The molecule has 1 aromatic heterocycles. The molecular weight excluding hydrogens is 240 g/mol.